The molecule has 1 atom stereocenters. The Hall–Kier alpha value is -1.59. The number of H-pyrrole nitrogens is 1. The molecule has 1 aromatic heterocycles. The first-order chi connectivity index (χ1) is 7.69. The second-order valence-electron chi connectivity index (χ2n) is 4.16. The summed E-state index contributed by atoms with van der Waals surface area (Å²) in [5, 5.41) is 13.5. The Morgan fingerprint density at radius 3 is 3.06 bits per heavy atom. The lowest BCUT2D eigenvalue weighted by atomic mass is 9.92. The Labute approximate surface area is 91.1 Å². The van der Waals surface area contributed by atoms with E-state index in [-0.39, 0.29) is 0 Å². The van der Waals surface area contributed by atoms with Gasteiger partial charge in [-0.2, -0.15) is 0 Å². The van der Waals surface area contributed by atoms with Crippen molar-refractivity contribution in [3.8, 4) is 0 Å². The molecule has 2 aromatic rings. The molecule has 16 heavy (non-hydrogen) atoms. The first kappa shape index (κ1) is 9.62. The van der Waals surface area contributed by atoms with Crippen molar-refractivity contribution in [1.29, 1.82) is 0 Å². The van der Waals surface area contributed by atoms with Crippen LogP contribution in [0.1, 0.15) is 12.0 Å². The maximum Gasteiger partial charge on any atom is 0.417 e. The normalized spacial score (nSPS) is 25.3. The zero-order valence-electron chi connectivity index (χ0n) is 8.62. The predicted molar refractivity (Wildman–Crippen MR) is 58.2 cm³/mol. The molecule has 0 bridgehead atoms. The number of hydrogen-bond acceptors (Lipinski definition) is 4. The van der Waals surface area contributed by atoms with Gasteiger partial charge in [-0.15, -0.1) is 0 Å². The van der Waals surface area contributed by atoms with Gasteiger partial charge in [-0.3, -0.25) is 4.98 Å². The van der Waals surface area contributed by atoms with Crippen LogP contribution in [-0.2, 0) is 5.60 Å². The molecule has 1 fully saturated rings. The summed E-state index contributed by atoms with van der Waals surface area (Å²) in [5.74, 6) is -0.489. The molecule has 5 heteroatoms. The average molecular weight is 220 g/mol. The highest BCUT2D eigenvalue weighted by atomic mass is 16.4. The fourth-order valence-electron chi connectivity index (χ4n) is 2.25. The molecule has 2 heterocycles. The van der Waals surface area contributed by atoms with Crippen LogP contribution in [0.5, 0.6) is 0 Å². The van der Waals surface area contributed by atoms with Gasteiger partial charge in [-0.25, -0.2) is 4.79 Å². The summed E-state index contributed by atoms with van der Waals surface area (Å²) in [7, 11) is 0. The highest BCUT2D eigenvalue weighted by molar-refractivity contribution is 5.77. The predicted octanol–water partition coefficient (Wildman–Crippen LogP) is 0.302. The van der Waals surface area contributed by atoms with E-state index in [1.54, 1.807) is 18.2 Å². The first-order valence-corrected chi connectivity index (χ1v) is 5.24. The number of oxazole rings is 1. The van der Waals surface area contributed by atoms with E-state index in [0.717, 1.165) is 6.54 Å². The summed E-state index contributed by atoms with van der Waals surface area (Å²) in [4.78, 5) is 13.7. The van der Waals surface area contributed by atoms with Crippen molar-refractivity contribution in [2.24, 2.45) is 0 Å². The fraction of sp³-hybridized carbons (Fsp3) is 0.364. The topological polar surface area (TPSA) is 78.3 Å². The summed E-state index contributed by atoms with van der Waals surface area (Å²) in [6, 6.07) is 5.36. The minimum atomic E-state index is -0.933. The van der Waals surface area contributed by atoms with E-state index >= 15 is 0 Å². The smallest absolute Gasteiger partial charge is 0.407 e. The highest BCUT2D eigenvalue weighted by Gasteiger charge is 2.35. The molecule has 5 nitrogen and oxygen atoms in total. The third-order valence-electron chi connectivity index (χ3n) is 3.08. The van der Waals surface area contributed by atoms with E-state index in [2.05, 4.69) is 10.3 Å². The molecule has 84 valence electrons. The minimum absolute atomic E-state index is 0.457. The van der Waals surface area contributed by atoms with Gasteiger partial charge in [0.15, 0.2) is 5.58 Å². The third-order valence-corrected chi connectivity index (χ3v) is 3.08. The van der Waals surface area contributed by atoms with E-state index in [4.69, 9.17) is 4.42 Å². The molecular weight excluding hydrogens is 208 g/mol. The van der Waals surface area contributed by atoms with Crippen LogP contribution in [0.25, 0.3) is 11.1 Å². The van der Waals surface area contributed by atoms with Gasteiger partial charge < -0.3 is 14.8 Å². The number of fused-ring (bicyclic) bond motifs is 1. The standard InChI is InChI=1S/C11H12N2O3/c14-10-13-8-3-1-2-7(9(8)16-10)11(15)4-5-12-6-11/h1-3,12,15H,4-6H2,(H,13,14). The molecule has 0 spiro atoms. The van der Waals surface area contributed by atoms with Crippen molar-refractivity contribution in [3.63, 3.8) is 0 Å². The number of hydrogen-bond donors (Lipinski definition) is 3. The van der Waals surface area contributed by atoms with Gasteiger partial charge in [0.1, 0.15) is 5.60 Å². The number of β-amino-alcohol motifs (C(OH)–C–C–N with tert-alkyl or cyclic N) is 1. The molecule has 3 rings (SSSR count). The van der Waals surface area contributed by atoms with Crippen LogP contribution >= 0.6 is 0 Å². The molecule has 0 radical (unpaired) electrons. The van der Waals surface area contributed by atoms with E-state index < -0.39 is 11.4 Å². The molecule has 1 aliphatic rings. The van der Waals surface area contributed by atoms with Gasteiger partial charge in [-0.05, 0) is 19.0 Å². The summed E-state index contributed by atoms with van der Waals surface area (Å²) < 4.78 is 5.08. The second kappa shape index (κ2) is 3.20. The number of aromatic nitrogens is 1. The molecule has 0 amide bonds. The number of nitrogens with one attached hydrogen (secondary N) is 2. The van der Waals surface area contributed by atoms with Gasteiger partial charge in [0, 0.05) is 12.1 Å². The Balaban J connectivity index is 2.26. The van der Waals surface area contributed by atoms with Crippen LogP contribution in [0.2, 0.25) is 0 Å². The van der Waals surface area contributed by atoms with Crippen molar-refractivity contribution >= 4 is 11.1 Å². The zero-order chi connectivity index (χ0) is 11.2. The zero-order valence-corrected chi connectivity index (χ0v) is 8.62. The molecular formula is C11H12N2O3. The Bertz CT molecular complexity index is 578. The van der Waals surface area contributed by atoms with E-state index in [9.17, 15) is 9.90 Å². The maximum atomic E-state index is 11.1. The first-order valence-electron chi connectivity index (χ1n) is 5.24. The highest BCUT2D eigenvalue weighted by Crippen LogP contribution is 2.32. The van der Waals surface area contributed by atoms with Crippen LogP contribution in [-0.4, -0.2) is 23.2 Å². The summed E-state index contributed by atoms with van der Waals surface area (Å²) >= 11 is 0. The van der Waals surface area contributed by atoms with Crippen LogP contribution in [0.15, 0.2) is 27.4 Å². The molecule has 1 aromatic carbocycles. The number of benzene rings is 1. The van der Waals surface area contributed by atoms with Gasteiger partial charge in [-0.1, -0.05) is 12.1 Å². The van der Waals surface area contributed by atoms with Crippen LogP contribution in [0.3, 0.4) is 0 Å². The third kappa shape index (κ3) is 1.29. The molecule has 1 unspecified atom stereocenters. The summed E-state index contributed by atoms with van der Waals surface area (Å²) in [6.45, 7) is 1.25. The van der Waals surface area contributed by atoms with Crippen molar-refractivity contribution in [2.45, 2.75) is 12.0 Å². The van der Waals surface area contributed by atoms with Crippen LogP contribution in [0, 0.1) is 0 Å². The van der Waals surface area contributed by atoms with Crippen molar-refractivity contribution < 1.29 is 9.52 Å². The number of para-hydroxylation sites is 1. The molecule has 1 saturated heterocycles. The lowest BCUT2D eigenvalue weighted by Crippen LogP contribution is -2.28. The maximum absolute atomic E-state index is 11.1. The van der Waals surface area contributed by atoms with Crippen molar-refractivity contribution in [3.05, 3.63) is 34.3 Å². The van der Waals surface area contributed by atoms with Gasteiger partial charge >= 0.3 is 5.76 Å². The number of rotatable bonds is 1. The van der Waals surface area contributed by atoms with Crippen molar-refractivity contribution in [2.75, 3.05) is 13.1 Å². The van der Waals surface area contributed by atoms with Gasteiger partial charge in [0.25, 0.3) is 0 Å². The van der Waals surface area contributed by atoms with Crippen LogP contribution in [0.4, 0.5) is 0 Å². The van der Waals surface area contributed by atoms with E-state index in [1.807, 2.05) is 0 Å². The van der Waals surface area contributed by atoms with E-state index in [0.29, 0.717) is 29.6 Å². The number of aromatic amines is 1. The quantitative estimate of drug-likeness (QED) is 0.646. The van der Waals surface area contributed by atoms with Crippen LogP contribution < -0.4 is 11.1 Å². The Morgan fingerprint density at radius 2 is 2.31 bits per heavy atom. The van der Waals surface area contributed by atoms with Gasteiger partial charge in [0.05, 0.1) is 5.52 Å². The lowest BCUT2D eigenvalue weighted by Gasteiger charge is -2.21. The van der Waals surface area contributed by atoms with Crippen molar-refractivity contribution in [1.82, 2.24) is 10.3 Å². The Kier molecular flexibility index (Phi) is 1.92. The SMILES string of the molecule is O=c1[nH]c2cccc(C3(O)CCNC3)c2o1. The van der Waals surface area contributed by atoms with E-state index in [1.165, 1.54) is 0 Å². The monoisotopic (exact) mass is 220 g/mol. The molecule has 3 N–H and O–H groups in total. The Morgan fingerprint density at radius 1 is 1.44 bits per heavy atom. The summed E-state index contributed by atoms with van der Waals surface area (Å²) in [5.41, 5.74) is 0.826. The average Bonchev–Trinajstić information content (AvgIpc) is 2.83. The lowest BCUT2D eigenvalue weighted by molar-refractivity contribution is 0.0593. The van der Waals surface area contributed by atoms with Gasteiger partial charge in [0.2, 0.25) is 0 Å². The molecule has 0 aliphatic carbocycles. The minimum Gasteiger partial charge on any atom is -0.407 e. The number of aliphatic hydroxyl groups is 1. The summed E-state index contributed by atoms with van der Waals surface area (Å²) in [6.07, 6.45) is 0.626. The largest absolute Gasteiger partial charge is 0.417 e. The second-order valence-corrected chi connectivity index (χ2v) is 4.16. The molecule has 0 saturated carbocycles. The fourth-order valence-corrected chi connectivity index (χ4v) is 2.25. The molecule has 1 aliphatic heterocycles.